The van der Waals surface area contributed by atoms with Gasteiger partial charge >= 0.3 is 0 Å². The topological polar surface area (TPSA) is 32.3 Å². The predicted molar refractivity (Wildman–Crippen MR) is 82.5 cm³/mol. The van der Waals surface area contributed by atoms with E-state index >= 15 is 0 Å². The third-order valence-electron chi connectivity index (χ3n) is 3.91. The Kier molecular flexibility index (Phi) is 5.60. The summed E-state index contributed by atoms with van der Waals surface area (Å²) in [5.74, 6) is 0.270. The smallest absolute Gasteiger partial charge is 0.240 e. The Balaban J connectivity index is 2.01. The van der Waals surface area contributed by atoms with Crippen LogP contribution in [-0.4, -0.2) is 29.9 Å². The molecule has 0 bridgehead atoms. The van der Waals surface area contributed by atoms with E-state index in [-0.39, 0.29) is 11.9 Å². The number of aryl methyl sites for hydroxylation is 1. The number of nitrogens with one attached hydrogen (secondary N) is 1. The van der Waals surface area contributed by atoms with Crippen molar-refractivity contribution in [1.29, 1.82) is 0 Å². The van der Waals surface area contributed by atoms with Gasteiger partial charge < -0.3 is 10.2 Å². The van der Waals surface area contributed by atoms with Crippen LogP contribution in [0.15, 0.2) is 24.3 Å². The summed E-state index contributed by atoms with van der Waals surface area (Å²) < 4.78 is 0. The van der Waals surface area contributed by atoms with Crippen molar-refractivity contribution in [2.24, 2.45) is 0 Å². The van der Waals surface area contributed by atoms with E-state index in [1.807, 2.05) is 4.90 Å². The monoisotopic (exact) mass is 274 g/mol. The van der Waals surface area contributed by atoms with E-state index in [9.17, 15) is 4.79 Å². The molecular formula is C17H26N2O. The maximum absolute atomic E-state index is 12.6. The van der Waals surface area contributed by atoms with Crippen molar-refractivity contribution in [3.05, 3.63) is 35.4 Å². The fourth-order valence-electron chi connectivity index (χ4n) is 2.73. The summed E-state index contributed by atoms with van der Waals surface area (Å²) in [6.45, 7) is 6.76. The molecule has 0 radical (unpaired) electrons. The third-order valence-corrected chi connectivity index (χ3v) is 3.91. The van der Waals surface area contributed by atoms with Crippen LogP contribution in [0.4, 0.5) is 0 Å². The molecule has 110 valence electrons. The number of amides is 1. The minimum Gasteiger partial charge on any atom is -0.337 e. The number of hydrogen-bond acceptors (Lipinski definition) is 2. The van der Waals surface area contributed by atoms with Gasteiger partial charge in [-0.2, -0.15) is 0 Å². The lowest BCUT2D eigenvalue weighted by atomic mass is 10.0. The van der Waals surface area contributed by atoms with E-state index in [0.29, 0.717) is 0 Å². The highest BCUT2D eigenvalue weighted by Crippen LogP contribution is 2.13. The van der Waals surface area contributed by atoms with Crippen LogP contribution in [0.5, 0.6) is 0 Å². The Labute approximate surface area is 122 Å². The number of hydrogen-bond donors (Lipinski definition) is 1. The Morgan fingerprint density at radius 3 is 2.65 bits per heavy atom. The van der Waals surface area contributed by atoms with Gasteiger partial charge in [0, 0.05) is 13.1 Å². The summed E-state index contributed by atoms with van der Waals surface area (Å²) in [6, 6.07) is 8.51. The number of rotatable bonds is 5. The summed E-state index contributed by atoms with van der Waals surface area (Å²) in [7, 11) is 0. The summed E-state index contributed by atoms with van der Waals surface area (Å²) >= 11 is 0. The SMILES string of the molecule is CCCN(Cc1ccc(C)cc1)C(=O)[C@H]1CCCCN1. The van der Waals surface area contributed by atoms with Crippen molar-refractivity contribution < 1.29 is 4.79 Å². The van der Waals surface area contributed by atoms with Gasteiger partial charge in [-0.1, -0.05) is 43.2 Å². The molecule has 1 atom stereocenters. The Bertz CT molecular complexity index is 421. The molecule has 0 unspecified atom stereocenters. The summed E-state index contributed by atoms with van der Waals surface area (Å²) in [4.78, 5) is 14.6. The van der Waals surface area contributed by atoms with Gasteiger partial charge in [-0.3, -0.25) is 4.79 Å². The maximum Gasteiger partial charge on any atom is 0.240 e. The van der Waals surface area contributed by atoms with E-state index < -0.39 is 0 Å². The Morgan fingerprint density at radius 1 is 1.30 bits per heavy atom. The average molecular weight is 274 g/mol. The molecular weight excluding hydrogens is 248 g/mol. The van der Waals surface area contributed by atoms with E-state index in [2.05, 4.69) is 43.4 Å². The highest BCUT2D eigenvalue weighted by molar-refractivity contribution is 5.82. The van der Waals surface area contributed by atoms with Crippen LogP contribution >= 0.6 is 0 Å². The zero-order valence-electron chi connectivity index (χ0n) is 12.7. The van der Waals surface area contributed by atoms with E-state index in [1.54, 1.807) is 0 Å². The third kappa shape index (κ3) is 4.07. The molecule has 1 aliphatic heterocycles. The highest BCUT2D eigenvalue weighted by atomic mass is 16.2. The van der Waals surface area contributed by atoms with E-state index in [1.165, 1.54) is 17.5 Å². The minimum atomic E-state index is 0.0285. The van der Waals surface area contributed by atoms with Crippen LogP contribution in [0.2, 0.25) is 0 Å². The second-order valence-electron chi connectivity index (χ2n) is 5.75. The van der Waals surface area contributed by atoms with Crippen molar-refractivity contribution in [2.75, 3.05) is 13.1 Å². The van der Waals surface area contributed by atoms with E-state index in [0.717, 1.165) is 38.9 Å². The Morgan fingerprint density at radius 2 is 2.05 bits per heavy atom. The number of piperidine rings is 1. The minimum absolute atomic E-state index is 0.0285. The van der Waals surface area contributed by atoms with Gasteiger partial charge in [0.2, 0.25) is 5.91 Å². The maximum atomic E-state index is 12.6. The van der Waals surface area contributed by atoms with Crippen molar-refractivity contribution in [2.45, 2.75) is 52.1 Å². The van der Waals surface area contributed by atoms with Gasteiger partial charge in [-0.25, -0.2) is 0 Å². The van der Waals surface area contributed by atoms with Crippen molar-refractivity contribution in [3.8, 4) is 0 Å². The van der Waals surface area contributed by atoms with Gasteiger partial charge in [0.05, 0.1) is 6.04 Å². The first-order valence-electron chi connectivity index (χ1n) is 7.78. The average Bonchev–Trinajstić information content (AvgIpc) is 2.49. The first-order chi connectivity index (χ1) is 9.70. The highest BCUT2D eigenvalue weighted by Gasteiger charge is 2.25. The number of nitrogens with zero attached hydrogens (tertiary/aromatic N) is 1. The van der Waals surface area contributed by atoms with Crippen LogP contribution in [0.1, 0.15) is 43.7 Å². The van der Waals surface area contributed by atoms with Crippen molar-refractivity contribution in [3.63, 3.8) is 0 Å². The van der Waals surface area contributed by atoms with Crippen molar-refractivity contribution in [1.82, 2.24) is 10.2 Å². The first kappa shape index (κ1) is 15.0. The molecule has 1 amide bonds. The summed E-state index contributed by atoms with van der Waals surface area (Å²) in [5.41, 5.74) is 2.48. The lowest BCUT2D eigenvalue weighted by molar-refractivity contribution is -0.134. The fraction of sp³-hybridized carbons (Fsp3) is 0.588. The van der Waals surface area contributed by atoms with Crippen LogP contribution in [0.3, 0.4) is 0 Å². The van der Waals surface area contributed by atoms with Crippen LogP contribution < -0.4 is 5.32 Å². The van der Waals surface area contributed by atoms with E-state index in [4.69, 9.17) is 0 Å². The first-order valence-corrected chi connectivity index (χ1v) is 7.78. The molecule has 1 heterocycles. The predicted octanol–water partition coefficient (Wildman–Crippen LogP) is 2.88. The molecule has 3 nitrogen and oxygen atoms in total. The van der Waals surface area contributed by atoms with Gasteiger partial charge in [-0.05, 0) is 38.3 Å². The van der Waals surface area contributed by atoms with Crippen LogP contribution in [-0.2, 0) is 11.3 Å². The molecule has 20 heavy (non-hydrogen) atoms. The normalized spacial score (nSPS) is 18.8. The van der Waals surface area contributed by atoms with Gasteiger partial charge in [0.25, 0.3) is 0 Å². The zero-order chi connectivity index (χ0) is 14.4. The molecule has 1 saturated heterocycles. The molecule has 0 spiro atoms. The fourth-order valence-corrected chi connectivity index (χ4v) is 2.73. The van der Waals surface area contributed by atoms with Gasteiger partial charge in [0.1, 0.15) is 0 Å². The molecule has 3 heteroatoms. The second-order valence-corrected chi connectivity index (χ2v) is 5.75. The number of carbonyl (C=O) groups is 1. The second kappa shape index (κ2) is 7.44. The standard InChI is InChI=1S/C17H26N2O/c1-3-12-19(13-15-9-7-14(2)8-10-15)17(20)16-6-4-5-11-18-16/h7-10,16,18H,3-6,11-13H2,1-2H3/t16-/m1/s1. The van der Waals surface area contributed by atoms with Gasteiger partial charge in [0.15, 0.2) is 0 Å². The molecule has 0 aliphatic carbocycles. The molecule has 2 rings (SSSR count). The van der Waals surface area contributed by atoms with Crippen molar-refractivity contribution >= 4 is 5.91 Å². The lowest BCUT2D eigenvalue weighted by Gasteiger charge is -2.30. The molecule has 1 fully saturated rings. The van der Waals surface area contributed by atoms with Crippen LogP contribution in [0.25, 0.3) is 0 Å². The number of benzene rings is 1. The quantitative estimate of drug-likeness (QED) is 0.895. The molecule has 0 aromatic heterocycles. The summed E-state index contributed by atoms with van der Waals surface area (Å²) in [5, 5.41) is 3.36. The molecule has 0 saturated carbocycles. The number of carbonyl (C=O) groups excluding carboxylic acids is 1. The summed E-state index contributed by atoms with van der Waals surface area (Å²) in [6.07, 6.45) is 4.33. The molecule has 1 aliphatic rings. The largest absolute Gasteiger partial charge is 0.337 e. The molecule has 1 aromatic rings. The zero-order valence-corrected chi connectivity index (χ0v) is 12.7. The van der Waals surface area contributed by atoms with Crippen LogP contribution in [0, 0.1) is 6.92 Å². The lowest BCUT2D eigenvalue weighted by Crippen LogP contribution is -2.48. The van der Waals surface area contributed by atoms with Gasteiger partial charge in [-0.15, -0.1) is 0 Å². The molecule has 1 aromatic carbocycles. The molecule has 1 N–H and O–H groups in total. The Hall–Kier alpha value is -1.35.